The molecule has 9 heteroatoms. The standard InChI is InChI=1S/C18H24F3N3O3/c1-2-22-17(27)23-9-7-14(8-10-23)24(12-16(25)26)11-13-5-3-4-6-15(13)18(19,20)21/h3-6,14H,2,7-12H2,1H3,(H,22,27)(H,25,26). The number of halogens is 3. The maximum atomic E-state index is 13.2. The SMILES string of the molecule is CCNC(=O)N1CCC(N(CC(=O)O)Cc2ccccc2C(F)(F)F)CC1. The van der Waals surface area contributed by atoms with Crippen molar-refractivity contribution in [3.05, 3.63) is 35.4 Å². The predicted octanol–water partition coefficient (Wildman–Crippen LogP) is 2.79. The number of likely N-dealkylation sites (tertiary alicyclic amines) is 1. The van der Waals surface area contributed by atoms with E-state index < -0.39 is 17.7 Å². The van der Waals surface area contributed by atoms with Gasteiger partial charge in [0.05, 0.1) is 12.1 Å². The van der Waals surface area contributed by atoms with E-state index in [-0.39, 0.29) is 30.7 Å². The van der Waals surface area contributed by atoms with E-state index in [4.69, 9.17) is 0 Å². The minimum Gasteiger partial charge on any atom is -0.480 e. The first-order chi connectivity index (χ1) is 12.7. The monoisotopic (exact) mass is 387 g/mol. The van der Waals surface area contributed by atoms with Gasteiger partial charge in [0, 0.05) is 32.2 Å². The largest absolute Gasteiger partial charge is 0.480 e. The minimum atomic E-state index is -4.49. The molecule has 0 aliphatic carbocycles. The lowest BCUT2D eigenvalue weighted by Gasteiger charge is -2.38. The van der Waals surface area contributed by atoms with Crippen LogP contribution in [-0.4, -0.2) is 59.1 Å². The van der Waals surface area contributed by atoms with Crippen molar-refractivity contribution >= 4 is 12.0 Å². The Morgan fingerprint density at radius 3 is 2.44 bits per heavy atom. The normalized spacial score (nSPS) is 15.8. The number of amides is 2. The van der Waals surface area contributed by atoms with E-state index in [1.54, 1.807) is 9.80 Å². The molecule has 150 valence electrons. The summed E-state index contributed by atoms with van der Waals surface area (Å²) in [5.74, 6) is -1.09. The second kappa shape index (κ2) is 9.07. The van der Waals surface area contributed by atoms with Gasteiger partial charge in [0.15, 0.2) is 0 Å². The van der Waals surface area contributed by atoms with Gasteiger partial charge < -0.3 is 15.3 Å². The number of carboxylic acids is 1. The molecule has 2 N–H and O–H groups in total. The first kappa shape index (κ1) is 21.0. The maximum absolute atomic E-state index is 13.2. The molecule has 6 nitrogen and oxygen atoms in total. The van der Waals surface area contributed by atoms with Crippen molar-refractivity contribution < 1.29 is 27.9 Å². The second-order valence-corrected chi connectivity index (χ2v) is 6.51. The van der Waals surface area contributed by atoms with Gasteiger partial charge in [0.25, 0.3) is 0 Å². The van der Waals surface area contributed by atoms with Crippen molar-refractivity contribution in [1.29, 1.82) is 0 Å². The van der Waals surface area contributed by atoms with E-state index in [9.17, 15) is 27.9 Å². The Labute approximate surface area is 155 Å². The van der Waals surface area contributed by atoms with Crippen LogP contribution in [0, 0.1) is 0 Å². The summed E-state index contributed by atoms with van der Waals surface area (Å²) in [7, 11) is 0. The van der Waals surface area contributed by atoms with Crippen molar-refractivity contribution in [2.24, 2.45) is 0 Å². The van der Waals surface area contributed by atoms with Gasteiger partial charge in [-0.2, -0.15) is 13.2 Å². The zero-order chi connectivity index (χ0) is 20.0. The number of aliphatic carboxylic acids is 1. The number of carbonyl (C=O) groups excluding carboxylic acids is 1. The number of nitrogens with zero attached hydrogens (tertiary/aromatic N) is 2. The van der Waals surface area contributed by atoms with Gasteiger partial charge in [-0.3, -0.25) is 9.69 Å². The van der Waals surface area contributed by atoms with Crippen LogP contribution >= 0.6 is 0 Å². The van der Waals surface area contributed by atoms with E-state index in [1.807, 2.05) is 6.92 Å². The van der Waals surface area contributed by atoms with Gasteiger partial charge >= 0.3 is 18.2 Å². The number of hydrogen-bond acceptors (Lipinski definition) is 3. The van der Waals surface area contributed by atoms with Crippen LogP contribution in [0.4, 0.5) is 18.0 Å². The minimum absolute atomic E-state index is 0.0532. The van der Waals surface area contributed by atoms with Crippen molar-refractivity contribution in [3.63, 3.8) is 0 Å². The van der Waals surface area contributed by atoms with E-state index in [1.165, 1.54) is 18.2 Å². The van der Waals surface area contributed by atoms with Gasteiger partial charge in [-0.15, -0.1) is 0 Å². The van der Waals surface area contributed by atoms with Crippen molar-refractivity contribution in [2.75, 3.05) is 26.2 Å². The van der Waals surface area contributed by atoms with Crippen LogP contribution in [0.25, 0.3) is 0 Å². The Morgan fingerprint density at radius 1 is 1.26 bits per heavy atom. The zero-order valence-corrected chi connectivity index (χ0v) is 15.1. The third-order valence-corrected chi connectivity index (χ3v) is 4.63. The Kier molecular flexibility index (Phi) is 7.06. The molecule has 0 saturated carbocycles. The summed E-state index contributed by atoms with van der Waals surface area (Å²) in [6, 6.07) is 4.84. The highest BCUT2D eigenvalue weighted by molar-refractivity contribution is 5.74. The van der Waals surface area contributed by atoms with Crippen LogP contribution in [0.2, 0.25) is 0 Å². The Morgan fingerprint density at radius 2 is 1.89 bits per heavy atom. The molecule has 0 atom stereocenters. The fourth-order valence-electron chi connectivity index (χ4n) is 3.34. The summed E-state index contributed by atoms with van der Waals surface area (Å²) in [5.41, 5.74) is -0.697. The molecule has 1 aliphatic rings. The van der Waals surface area contributed by atoms with Gasteiger partial charge in [-0.05, 0) is 31.4 Å². The lowest BCUT2D eigenvalue weighted by molar-refractivity contribution is -0.139. The Hall–Kier alpha value is -2.29. The molecule has 1 aromatic rings. The molecule has 1 saturated heterocycles. The first-order valence-electron chi connectivity index (χ1n) is 8.86. The van der Waals surface area contributed by atoms with Crippen LogP contribution in [0.1, 0.15) is 30.9 Å². The molecular formula is C18H24F3N3O3. The number of urea groups is 1. The summed E-state index contributed by atoms with van der Waals surface area (Å²) in [5, 5.41) is 11.9. The van der Waals surface area contributed by atoms with E-state index in [2.05, 4.69) is 5.32 Å². The molecule has 1 fully saturated rings. The van der Waals surface area contributed by atoms with Gasteiger partial charge in [-0.1, -0.05) is 18.2 Å². The molecule has 2 rings (SSSR count). The third-order valence-electron chi connectivity index (χ3n) is 4.63. The van der Waals surface area contributed by atoms with Gasteiger partial charge in [-0.25, -0.2) is 4.79 Å². The highest BCUT2D eigenvalue weighted by Gasteiger charge is 2.34. The highest BCUT2D eigenvalue weighted by atomic mass is 19.4. The number of nitrogens with one attached hydrogen (secondary N) is 1. The highest BCUT2D eigenvalue weighted by Crippen LogP contribution is 2.33. The number of piperidine rings is 1. The molecule has 0 bridgehead atoms. The topological polar surface area (TPSA) is 72.9 Å². The average molecular weight is 387 g/mol. The van der Waals surface area contributed by atoms with Gasteiger partial charge in [0.2, 0.25) is 0 Å². The van der Waals surface area contributed by atoms with E-state index in [0.717, 1.165) is 6.07 Å². The second-order valence-electron chi connectivity index (χ2n) is 6.51. The van der Waals surface area contributed by atoms with E-state index in [0.29, 0.717) is 32.5 Å². The average Bonchev–Trinajstić information content (AvgIpc) is 2.61. The fraction of sp³-hybridized carbons (Fsp3) is 0.556. The molecule has 1 aromatic carbocycles. The molecule has 2 amide bonds. The predicted molar refractivity (Wildman–Crippen MR) is 93.2 cm³/mol. The van der Waals surface area contributed by atoms with Crippen LogP contribution in [0.15, 0.2) is 24.3 Å². The molecule has 1 heterocycles. The number of carbonyl (C=O) groups is 2. The maximum Gasteiger partial charge on any atom is 0.416 e. The number of benzene rings is 1. The summed E-state index contributed by atoms with van der Waals surface area (Å²) in [6.45, 7) is 2.75. The van der Waals surface area contributed by atoms with Crippen LogP contribution in [0.5, 0.6) is 0 Å². The lowest BCUT2D eigenvalue weighted by atomic mass is 10.0. The van der Waals surface area contributed by atoms with Crippen LogP contribution in [0.3, 0.4) is 0 Å². The summed E-state index contributed by atoms with van der Waals surface area (Å²) in [4.78, 5) is 26.3. The zero-order valence-electron chi connectivity index (χ0n) is 15.1. The van der Waals surface area contributed by atoms with Crippen molar-refractivity contribution in [2.45, 2.75) is 38.5 Å². The fourth-order valence-corrected chi connectivity index (χ4v) is 3.34. The van der Waals surface area contributed by atoms with E-state index >= 15 is 0 Å². The summed E-state index contributed by atoms with van der Waals surface area (Å²) in [6.07, 6.45) is -3.47. The smallest absolute Gasteiger partial charge is 0.416 e. The quantitative estimate of drug-likeness (QED) is 0.787. The number of rotatable bonds is 6. The van der Waals surface area contributed by atoms with Crippen LogP contribution in [-0.2, 0) is 17.5 Å². The molecule has 0 radical (unpaired) electrons. The Bertz CT molecular complexity index is 659. The molecule has 0 unspecified atom stereocenters. The molecule has 0 aromatic heterocycles. The Balaban J connectivity index is 2.11. The van der Waals surface area contributed by atoms with Crippen LogP contribution < -0.4 is 5.32 Å². The summed E-state index contributed by atoms with van der Waals surface area (Å²) >= 11 is 0. The number of hydrogen-bond donors (Lipinski definition) is 2. The summed E-state index contributed by atoms with van der Waals surface area (Å²) < 4.78 is 39.7. The molecule has 0 spiro atoms. The number of alkyl halides is 3. The molecule has 1 aliphatic heterocycles. The molecule has 27 heavy (non-hydrogen) atoms. The van der Waals surface area contributed by atoms with Crippen molar-refractivity contribution in [3.8, 4) is 0 Å². The van der Waals surface area contributed by atoms with Crippen molar-refractivity contribution in [1.82, 2.24) is 15.1 Å². The first-order valence-corrected chi connectivity index (χ1v) is 8.86. The van der Waals surface area contributed by atoms with Gasteiger partial charge in [0.1, 0.15) is 0 Å². The lowest BCUT2D eigenvalue weighted by Crippen LogP contribution is -2.50. The number of carboxylic acid groups (broad SMARTS) is 1. The molecular weight excluding hydrogens is 363 g/mol. The third kappa shape index (κ3) is 5.85.